The van der Waals surface area contributed by atoms with E-state index in [0.29, 0.717) is 5.95 Å². The van der Waals surface area contributed by atoms with E-state index < -0.39 is 0 Å². The van der Waals surface area contributed by atoms with Crippen LogP contribution < -0.4 is 15.5 Å². The highest BCUT2D eigenvalue weighted by Gasteiger charge is 2.08. The van der Waals surface area contributed by atoms with Crippen LogP contribution in [0.3, 0.4) is 0 Å². The second kappa shape index (κ2) is 8.54. The van der Waals surface area contributed by atoms with E-state index in [1.807, 2.05) is 32.3 Å². The van der Waals surface area contributed by atoms with E-state index in [0.717, 1.165) is 35.7 Å². The Kier molecular flexibility index (Phi) is 5.91. The molecule has 0 bridgehead atoms. The van der Waals surface area contributed by atoms with Crippen molar-refractivity contribution >= 4 is 28.8 Å². The maximum absolute atomic E-state index is 4.63. The second-order valence-corrected chi connectivity index (χ2v) is 6.62. The lowest BCUT2D eigenvalue weighted by Crippen LogP contribution is -2.08. The van der Waals surface area contributed by atoms with Gasteiger partial charge in [-0.25, -0.2) is 4.98 Å². The molecule has 0 saturated heterocycles. The highest BCUT2D eigenvalue weighted by Crippen LogP contribution is 2.26. The number of hydrogen-bond acceptors (Lipinski definition) is 5. The molecule has 27 heavy (non-hydrogen) atoms. The predicted molar refractivity (Wildman–Crippen MR) is 115 cm³/mol. The van der Waals surface area contributed by atoms with Crippen molar-refractivity contribution < 1.29 is 0 Å². The molecule has 0 radical (unpaired) electrons. The monoisotopic (exact) mass is 361 g/mol. The average molecular weight is 361 g/mol. The zero-order chi connectivity index (χ0) is 19.2. The smallest absolute Gasteiger partial charge is 0.229 e. The average Bonchev–Trinajstić information content (AvgIpc) is 2.69. The van der Waals surface area contributed by atoms with Crippen molar-refractivity contribution in [2.45, 2.75) is 26.7 Å². The lowest BCUT2D eigenvalue weighted by Gasteiger charge is -2.15. The standard InChI is InChI=1S/C22H27N5/c1-5-16-8-7-9-17(6-2)21(16)25-20-14-15-23-22(26-20)24-18-10-12-19(13-11-18)27(3)4/h7-15H,5-6H2,1-4H3,(H2,23,24,25,26). The van der Waals surface area contributed by atoms with Gasteiger partial charge < -0.3 is 15.5 Å². The van der Waals surface area contributed by atoms with E-state index >= 15 is 0 Å². The molecule has 0 unspecified atom stereocenters. The van der Waals surface area contributed by atoms with Crippen molar-refractivity contribution in [2.24, 2.45) is 0 Å². The Morgan fingerprint density at radius 1 is 0.852 bits per heavy atom. The number of nitrogens with one attached hydrogen (secondary N) is 2. The molecule has 5 heteroatoms. The van der Waals surface area contributed by atoms with Crippen LogP contribution in [0.1, 0.15) is 25.0 Å². The molecule has 0 aliphatic rings. The van der Waals surface area contributed by atoms with Gasteiger partial charge in [-0.15, -0.1) is 0 Å². The van der Waals surface area contributed by atoms with Crippen LogP contribution in [0.25, 0.3) is 0 Å². The minimum Gasteiger partial charge on any atom is -0.378 e. The molecule has 0 atom stereocenters. The molecule has 5 nitrogen and oxygen atoms in total. The van der Waals surface area contributed by atoms with Gasteiger partial charge in [-0.1, -0.05) is 32.0 Å². The SMILES string of the molecule is CCc1cccc(CC)c1Nc1ccnc(Nc2ccc(N(C)C)cc2)n1. The van der Waals surface area contributed by atoms with E-state index in [4.69, 9.17) is 0 Å². The largest absolute Gasteiger partial charge is 0.378 e. The molecule has 1 aromatic heterocycles. The first-order chi connectivity index (χ1) is 13.1. The molecule has 3 aromatic rings. The van der Waals surface area contributed by atoms with Crippen molar-refractivity contribution in [1.29, 1.82) is 0 Å². The number of nitrogens with zero attached hydrogens (tertiary/aromatic N) is 3. The number of aryl methyl sites for hydroxylation is 2. The van der Waals surface area contributed by atoms with E-state index in [9.17, 15) is 0 Å². The van der Waals surface area contributed by atoms with E-state index in [1.165, 1.54) is 11.1 Å². The maximum Gasteiger partial charge on any atom is 0.229 e. The summed E-state index contributed by atoms with van der Waals surface area (Å²) in [6, 6.07) is 16.5. The number of benzene rings is 2. The Labute approximate surface area is 161 Å². The molecule has 0 aliphatic carbocycles. The Morgan fingerprint density at radius 2 is 1.52 bits per heavy atom. The van der Waals surface area contributed by atoms with Gasteiger partial charge in [-0.05, 0) is 54.3 Å². The van der Waals surface area contributed by atoms with Crippen molar-refractivity contribution in [1.82, 2.24) is 9.97 Å². The summed E-state index contributed by atoms with van der Waals surface area (Å²) in [6.45, 7) is 4.34. The third-order valence-electron chi connectivity index (χ3n) is 4.55. The molecule has 3 rings (SSSR count). The third kappa shape index (κ3) is 4.56. The van der Waals surface area contributed by atoms with Crippen LogP contribution in [0, 0.1) is 0 Å². The van der Waals surface area contributed by atoms with Crippen LogP contribution in [0.15, 0.2) is 54.7 Å². The van der Waals surface area contributed by atoms with Gasteiger partial charge in [0, 0.05) is 37.4 Å². The highest BCUT2D eigenvalue weighted by atomic mass is 15.1. The van der Waals surface area contributed by atoms with Crippen LogP contribution in [0.4, 0.5) is 28.8 Å². The fourth-order valence-electron chi connectivity index (χ4n) is 2.99. The predicted octanol–water partition coefficient (Wildman–Crippen LogP) is 5.15. The van der Waals surface area contributed by atoms with Crippen LogP contribution in [-0.2, 0) is 12.8 Å². The summed E-state index contributed by atoms with van der Waals surface area (Å²) in [5, 5.41) is 6.77. The molecule has 0 spiro atoms. The summed E-state index contributed by atoms with van der Waals surface area (Å²) < 4.78 is 0. The van der Waals surface area contributed by atoms with Crippen molar-refractivity contribution in [3.8, 4) is 0 Å². The Morgan fingerprint density at radius 3 is 2.11 bits per heavy atom. The number of aromatic nitrogens is 2. The highest BCUT2D eigenvalue weighted by molar-refractivity contribution is 5.66. The molecular weight excluding hydrogens is 334 g/mol. The summed E-state index contributed by atoms with van der Waals surface area (Å²) in [6.07, 6.45) is 3.72. The van der Waals surface area contributed by atoms with Crippen LogP contribution in [-0.4, -0.2) is 24.1 Å². The lowest BCUT2D eigenvalue weighted by molar-refractivity contribution is 1.08. The van der Waals surface area contributed by atoms with Gasteiger partial charge in [-0.3, -0.25) is 0 Å². The summed E-state index contributed by atoms with van der Waals surface area (Å²) in [4.78, 5) is 11.0. The summed E-state index contributed by atoms with van der Waals surface area (Å²) in [7, 11) is 4.05. The number of hydrogen-bond donors (Lipinski definition) is 2. The molecule has 1 heterocycles. The Balaban J connectivity index is 1.80. The van der Waals surface area contributed by atoms with Gasteiger partial charge in [-0.2, -0.15) is 4.98 Å². The lowest BCUT2D eigenvalue weighted by atomic mass is 10.0. The first kappa shape index (κ1) is 18.7. The van der Waals surface area contributed by atoms with Gasteiger partial charge in [0.25, 0.3) is 0 Å². The van der Waals surface area contributed by atoms with Gasteiger partial charge in [0.05, 0.1) is 0 Å². The third-order valence-corrected chi connectivity index (χ3v) is 4.55. The molecule has 0 amide bonds. The minimum absolute atomic E-state index is 0.574. The van der Waals surface area contributed by atoms with Gasteiger partial charge in [0.2, 0.25) is 5.95 Å². The zero-order valence-corrected chi connectivity index (χ0v) is 16.5. The van der Waals surface area contributed by atoms with E-state index in [2.05, 4.69) is 69.7 Å². The van der Waals surface area contributed by atoms with Crippen LogP contribution in [0.5, 0.6) is 0 Å². The first-order valence-corrected chi connectivity index (χ1v) is 9.36. The van der Waals surface area contributed by atoms with E-state index in [1.54, 1.807) is 6.20 Å². The summed E-state index contributed by atoms with van der Waals surface area (Å²) in [5.74, 6) is 1.36. The zero-order valence-electron chi connectivity index (χ0n) is 16.5. The molecule has 2 N–H and O–H groups in total. The Hall–Kier alpha value is -3.08. The summed E-state index contributed by atoms with van der Waals surface area (Å²) >= 11 is 0. The topological polar surface area (TPSA) is 53.1 Å². The molecule has 2 aromatic carbocycles. The number of para-hydroxylation sites is 1. The van der Waals surface area contributed by atoms with Crippen LogP contribution in [0.2, 0.25) is 0 Å². The summed E-state index contributed by atoms with van der Waals surface area (Å²) in [5.41, 5.74) is 5.85. The van der Waals surface area contributed by atoms with Crippen LogP contribution >= 0.6 is 0 Å². The normalized spacial score (nSPS) is 10.5. The quantitative estimate of drug-likeness (QED) is 0.609. The van der Waals surface area contributed by atoms with Gasteiger partial charge >= 0.3 is 0 Å². The first-order valence-electron chi connectivity index (χ1n) is 9.36. The molecule has 140 valence electrons. The molecular formula is C22H27N5. The molecule has 0 aliphatic heterocycles. The minimum atomic E-state index is 0.574. The fraction of sp³-hybridized carbons (Fsp3) is 0.273. The van der Waals surface area contributed by atoms with Crippen molar-refractivity contribution in [3.63, 3.8) is 0 Å². The van der Waals surface area contributed by atoms with Gasteiger partial charge in [0.1, 0.15) is 5.82 Å². The molecule has 0 saturated carbocycles. The van der Waals surface area contributed by atoms with Crippen molar-refractivity contribution in [2.75, 3.05) is 29.6 Å². The maximum atomic E-state index is 4.63. The van der Waals surface area contributed by atoms with Crippen molar-refractivity contribution in [3.05, 3.63) is 65.9 Å². The molecule has 0 fully saturated rings. The fourth-order valence-corrected chi connectivity index (χ4v) is 2.99. The number of anilines is 5. The number of rotatable bonds is 7. The Bertz CT molecular complexity index is 865. The van der Waals surface area contributed by atoms with E-state index in [-0.39, 0.29) is 0 Å². The van der Waals surface area contributed by atoms with Gasteiger partial charge in [0.15, 0.2) is 0 Å². The second-order valence-electron chi connectivity index (χ2n) is 6.62.